The molecule has 0 saturated carbocycles. The zero-order valence-electron chi connectivity index (χ0n) is 15.5. The number of benzene rings is 2. The molecule has 0 unspecified atom stereocenters. The highest BCUT2D eigenvalue weighted by Crippen LogP contribution is 2.24. The van der Waals surface area contributed by atoms with Crippen molar-refractivity contribution in [2.45, 2.75) is 13.5 Å². The maximum atomic E-state index is 13.1. The Hall–Kier alpha value is -3.45. The number of aromatic amines is 1. The number of hydrogen-bond donors (Lipinski definition) is 2. The Morgan fingerprint density at radius 3 is 2.76 bits per heavy atom. The molecule has 1 amide bonds. The van der Waals surface area contributed by atoms with Gasteiger partial charge in [0.25, 0.3) is 5.91 Å². The van der Waals surface area contributed by atoms with Crippen LogP contribution in [-0.4, -0.2) is 25.7 Å². The fourth-order valence-corrected chi connectivity index (χ4v) is 3.36. The number of carbonyl (C=O) groups is 1. The van der Waals surface area contributed by atoms with Gasteiger partial charge in [0.1, 0.15) is 16.8 Å². The van der Waals surface area contributed by atoms with Crippen molar-refractivity contribution >= 4 is 23.2 Å². The van der Waals surface area contributed by atoms with Gasteiger partial charge in [-0.1, -0.05) is 35.9 Å². The topological polar surface area (TPSA) is 75.6 Å². The van der Waals surface area contributed by atoms with Crippen LogP contribution in [0.25, 0.3) is 11.4 Å². The van der Waals surface area contributed by atoms with E-state index in [-0.39, 0.29) is 16.9 Å². The minimum absolute atomic E-state index is 0.228. The zero-order valence-corrected chi connectivity index (χ0v) is 16.2. The van der Waals surface area contributed by atoms with Crippen molar-refractivity contribution in [3.05, 3.63) is 88.7 Å². The van der Waals surface area contributed by atoms with Gasteiger partial charge in [-0.3, -0.25) is 4.79 Å². The predicted molar refractivity (Wildman–Crippen MR) is 109 cm³/mol. The molecule has 0 fully saturated rings. The summed E-state index contributed by atoms with van der Waals surface area (Å²) in [6, 6.07) is 13.4. The van der Waals surface area contributed by atoms with E-state index in [4.69, 9.17) is 11.6 Å². The van der Waals surface area contributed by atoms with E-state index in [1.165, 1.54) is 16.8 Å². The number of rotatable bonds is 5. The minimum Gasteiger partial charge on any atom is -0.345 e. The summed E-state index contributed by atoms with van der Waals surface area (Å²) in [7, 11) is 0. The molecule has 0 aliphatic carbocycles. The second kappa shape index (κ2) is 7.89. The number of aryl methyl sites for hydroxylation is 1. The smallest absolute Gasteiger partial charge is 0.260 e. The number of amides is 1. The van der Waals surface area contributed by atoms with Gasteiger partial charge in [-0.2, -0.15) is 5.10 Å². The lowest BCUT2D eigenvalue weighted by Gasteiger charge is -2.07. The van der Waals surface area contributed by atoms with Crippen LogP contribution < -0.4 is 5.32 Å². The van der Waals surface area contributed by atoms with Crippen molar-refractivity contribution in [1.29, 1.82) is 0 Å². The molecular formula is C21H17ClFN5O. The zero-order chi connectivity index (χ0) is 20.4. The first-order valence-electron chi connectivity index (χ1n) is 8.90. The number of anilines is 1. The molecule has 29 heavy (non-hydrogen) atoms. The van der Waals surface area contributed by atoms with Gasteiger partial charge in [0.05, 0.1) is 17.8 Å². The summed E-state index contributed by atoms with van der Waals surface area (Å²) in [6.07, 6.45) is 3.40. The summed E-state index contributed by atoms with van der Waals surface area (Å²) in [5.74, 6) is 0.0465. The van der Waals surface area contributed by atoms with Crippen LogP contribution in [0.2, 0.25) is 5.15 Å². The lowest BCUT2D eigenvalue weighted by molar-refractivity contribution is 0.102. The molecule has 2 aromatic carbocycles. The lowest BCUT2D eigenvalue weighted by Crippen LogP contribution is -2.13. The van der Waals surface area contributed by atoms with E-state index in [1.54, 1.807) is 37.5 Å². The molecule has 0 atom stereocenters. The third-order valence-corrected chi connectivity index (χ3v) is 4.81. The summed E-state index contributed by atoms with van der Waals surface area (Å²) in [5, 5.41) is 7.45. The predicted octanol–water partition coefficient (Wildman–Crippen LogP) is 4.67. The Morgan fingerprint density at radius 2 is 2.03 bits per heavy atom. The van der Waals surface area contributed by atoms with Gasteiger partial charge in [-0.05, 0) is 36.8 Å². The van der Waals surface area contributed by atoms with Crippen LogP contribution in [0.5, 0.6) is 0 Å². The van der Waals surface area contributed by atoms with E-state index < -0.39 is 0 Å². The highest BCUT2D eigenvalue weighted by molar-refractivity contribution is 6.33. The van der Waals surface area contributed by atoms with Crippen LogP contribution in [0.3, 0.4) is 0 Å². The molecule has 146 valence electrons. The molecule has 0 aliphatic heterocycles. The molecule has 6 nitrogen and oxygen atoms in total. The number of nitrogens with one attached hydrogen (secondary N) is 2. The van der Waals surface area contributed by atoms with E-state index >= 15 is 0 Å². The maximum absolute atomic E-state index is 13.1. The standard InChI is InChI=1S/C21H17ClFN5O/c1-13-18(19(22)28(27-13)12-14-5-7-16(23)8-6-14)21(29)26-17-4-2-3-15(11-17)20-24-9-10-25-20/h2-11H,12H2,1H3,(H,24,25)(H,26,29). The van der Waals surface area contributed by atoms with Crippen molar-refractivity contribution in [2.75, 3.05) is 5.32 Å². The second-order valence-corrected chi connectivity index (χ2v) is 6.87. The quantitative estimate of drug-likeness (QED) is 0.502. The van der Waals surface area contributed by atoms with E-state index in [9.17, 15) is 9.18 Å². The molecule has 8 heteroatoms. The van der Waals surface area contributed by atoms with Gasteiger partial charge in [-0.15, -0.1) is 0 Å². The highest BCUT2D eigenvalue weighted by atomic mass is 35.5. The molecule has 0 radical (unpaired) electrons. The Bertz CT molecular complexity index is 1150. The van der Waals surface area contributed by atoms with Crippen LogP contribution in [0.4, 0.5) is 10.1 Å². The first-order chi connectivity index (χ1) is 14.0. The van der Waals surface area contributed by atoms with E-state index in [1.807, 2.05) is 18.2 Å². The minimum atomic E-state index is -0.352. The van der Waals surface area contributed by atoms with Crippen molar-refractivity contribution < 1.29 is 9.18 Å². The second-order valence-electron chi connectivity index (χ2n) is 6.51. The van der Waals surface area contributed by atoms with E-state index in [0.717, 1.165) is 11.1 Å². The van der Waals surface area contributed by atoms with Crippen molar-refractivity contribution in [2.24, 2.45) is 0 Å². The van der Waals surface area contributed by atoms with Crippen LogP contribution in [0, 0.1) is 12.7 Å². The Morgan fingerprint density at radius 1 is 1.24 bits per heavy atom. The average molecular weight is 410 g/mol. The van der Waals surface area contributed by atoms with Crippen molar-refractivity contribution in [3.8, 4) is 11.4 Å². The molecule has 4 rings (SSSR count). The number of nitrogens with zero attached hydrogens (tertiary/aromatic N) is 3. The molecule has 2 N–H and O–H groups in total. The van der Waals surface area contributed by atoms with E-state index in [2.05, 4.69) is 20.4 Å². The van der Waals surface area contributed by atoms with Gasteiger partial charge in [0, 0.05) is 23.6 Å². The third kappa shape index (κ3) is 4.05. The fraction of sp³-hybridized carbons (Fsp3) is 0.0952. The fourth-order valence-electron chi connectivity index (χ4n) is 3.04. The van der Waals surface area contributed by atoms with Crippen LogP contribution >= 0.6 is 11.6 Å². The third-order valence-electron chi connectivity index (χ3n) is 4.43. The van der Waals surface area contributed by atoms with Gasteiger partial charge in [0.15, 0.2) is 0 Å². The summed E-state index contributed by atoms with van der Waals surface area (Å²) < 4.78 is 14.6. The number of carbonyl (C=O) groups excluding carboxylic acids is 1. The summed E-state index contributed by atoms with van der Waals surface area (Å²) in [5.41, 5.74) is 3.11. The number of aromatic nitrogens is 4. The van der Waals surface area contributed by atoms with Crippen molar-refractivity contribution in [3.63, 3.8) is 0 Å². The number of hydrogen-bond acceptors (Lipinski definition) is 3. The first kappa shape index (κ1) is 18.9. The van der Waals surface area contributed by atoms with Gasteiger partial charge in [0.2, 0.25) is 0 Å². The van der Waals surface area contributed by atoms with Crippen LogP contribution in [-0.2, 0) is 6.54 Å². The Kier molecular flexibility index (Phi) is 5.14. The average Bonchev–Trinajstić information content (AvgIpc) is 3.33. The Balaban J connectivity index is 1.55. The SMILES string of the molecule is Cc1nn(Cc2ccc(F)cc2)c(Cl)c1C(=O)Nc1cccc(-c2ncc[nH]2)c1. The van der Waals surface area contributed by atoms with E-state index in [0.29, 0.717) is 29.3 Å². The van der Waals surface area contributed by atoms with Crippen LogP contribution in [0.15, 0.2) is 60.9 Å². The van der Waals surface area contributed by atoms with Gasteiger partial charge in [-0.25, -0.2) is 14.1 Å². The molecule has 2 aromatic heterocycles. The molecule has 0 bridgehead atoms. The lowest BCUT2D eigenvalue weighted by atomic mass is 10.1. The highest BCUT2D eigenvalue weighted by Gasteiger charge is 2.21. The van der Waals surface area contributed by atoms with Gasteiger partial charge >= 0.3 is 0 Å². The molecule has 0 saturated heterocycles. The summed E-state index contributed by atoms with van der Waals surface area (Å²) >= 11 is 6.43. The largest absolute Gasteiger partial charge is 0.345 e. The van der Waals surface area contributed by atoms with Crippen molar-refractivity contribution in [1.82, 2.24) is 19.7 Å². The number of imidazole rings is 1. The number of halogens is 2. The monoisotopic (exact) mass is 409 g/mol. The Labute approximate surface area is 171 Å². The normalized spacial score (nSPS) is 10.9. The maximum Gasteiger partial charge on any atom is 0.260 e. The molecule has 4 aromatic rings. The summed E-state index contributed by atoms with van der Waals surface area (Å²) in [6.45, 7) is 2.06. The molecule has 0 spiro atoms. The molecule has 2 heterocycles. The first-order valence-corrected chi connectivity index (χ1v) is 9.27. The van der Waals surface area contributed by atoms with Gasteiger partial charge < -0.3 is 10.3 Å². The van der Waals surface area contributed by atoms with Crippen LogP contribution in [0.1, 0.15) is 21.6 Å². The summed E-state index contributed by atoms with van der Waals surface area (Å²) in [4.78, 5) is 20.1. The number of H-pyrrole nitrogens is 1. The molecule has 0 aliphatic rings. The molecular weight excluding hydrogens is 393 g/mol.